The van der Waals surface area contributed by atoms with Gasteiger partial charge in [0, 0.05) is 6.20 Å². The van der Waals surface area contributed by atoms with E-state index in [2.05, 4.69) is 4.98 Å². The molecule has 2 N–H and O–H groups in total. The van der Waals surface area contributed by atoms with Crippen molar-refractivity contribution in [2.75, 3.05) is 0 Å². The molecular weight excluding hydrogens is 283 g/mol. The fourth-order valence-electron chi connectivity index (χ4n) is 3.45. The zero-order chi connectivity index (χ0) is 15.6. The average molecular weight is 300 g/mol. The summed E-state index contributed by atoms with van der Waals surface area (Å²) in [6.45, 7) is 0. The summed E-state index contributed by atoms with van der Waals surface area (Å²) in [5.41, 5.74) is 2.68. The predicted octanol–water partition coefficient (Wildman–Crippen LogP) is 2.93. The molecule has 4 nitrogen and oxygen atoms in total. The van der Waals surface area contributed by atoms with E-state index in [4.69, 9.17) is 5.21 Å². The van der Waals surface area contributed by atoms with Crippen molar-refractivity contribution < 1.29 is 14.4 Å². The van der Waals surface area contributed by atoms with Crippen LogP contribution in [0.4, 0.5) is 4.39 Å². The lowest BCUT2D eigenvalue weighted by Crippen LogP contribution is -2.41. The highest BCUT2D eigenvalue weighted by atomic mass is 19.1. The Balaban J connectivity index is 1.95. The molecule has 2 atom stereocenters. The van der Waals surface area contributed by atoms with Crippen molar-refractivity contribution in [2.24, 2.45) is 0 Å². The molecule has 3 rings (SSSR count). The molecule has 1 fully saturated rings. The maximum atomic E-state index is 13.4. The second-order valence-corrected chi connectivity index (χ2v) is 5.77. The Morgan fingerprint density at radius 3 is 2.77 bits per heavy atom. The molecule has 1 saturated carbocycles. The van der Waals surface area contributed by atoms with Gasteiger partial charge in [-0.15, -0.1) is 0 Å². The van der Waals surface area contributed by atoms with Crippen LogP contribution in [0.25, 0.3) is 0 Å². The van der Waals surface area contributed by atoms with Crippen LogP contribution in [-0.4, -0.2) is 16.1 Å². The van der Waals surface area contributed by atoms with E-state index in [1.807, 2.05) is 30.3 Å². The molecule has 22 heavy (non-hydrogen) atoms. The van der Waals surface area contributed by atoms with Gasteiger partial charge in [-0.3, -0.25) is 15.0 Å². The van der Waals surface area contributed by atoms with E-state index in [9.17, 15) is 9.18 Å². The Labute approximate surface area is 128 Å². The van der Waals surface area contributed by atoms with Crippen molar-refractivity contribution in [3.05, 3.63) is 65.7 Å². The number of hydroxylamine groups is 1. The summed E-state index contributed by atoms with van der Waals surface area (Å²) in [4.78, 5) is 16.2. The van der Waals surface area contributed by atoms with Gasteiger partial charge < -0.3 is 0 Å². The Bertz CT molecular complexity index is 677. The lowest BCUT2D eigenvalue weighted by Gasteiger charge is -2.27. The minimum Gasteiger partial charge on any atom is -0.289 e. The maximum Gasteiger partial charge on any atom is 0.253 e. The topological polar surface area (TPSA) is 62.2 Å². The van der Waals surface area contributed by atoms with Crippen LogP contribution < -0.4 is 5.48 Å². The van der Waals surface area contributed by atoms with Crippen molar-refractivity contribution >= 4 is 5.91 Å². The van der Waals surface area contributed by atoms with Crippen molar-refractivity contribution in [3.63, 3.8) is 0 Å². The molecule has 0 unspecified atom stereocenters. The first-order chi connectivity index (χ1) is 10.7. The Morgan fingerprint density at radius 1 is 1.32 bits per heavy atom. The standard InChI is InChI=1S/C17H17FN2O2/c18-15-8-13(10-19-11-15)12-6-7-17(9-12,16(21)20-22)14-4-2-1-3-5-14/h1-5,8,10-12,22H,6-7,9H2,(H,20,21)/t12-,17+/m1/s1. The van der Waals surface area contributed by atoms with Gasteiger partial charge in [-0.05, 0) is 42.4 Å². The van der Waals surface area contributed by atoms with Crippen molar-refractivity contribution in [2.45, 2.75) is 30.6 Å². The number of amides is 1. The Hall–Kier alpha value is -2.27. The smallest absolute Gasteiger partial charge is 0.253 e. The number of carbonyl (C=O) groups is 1. The number of hydrogen-bond acceptors (Lipinski definition) is 3. The largest absolute Gasteiger partial charge is 0.289 e. The van der Waals surface area contributed by atoms with Crippen LogP contribution in [0.5, 0.6) is 0 Å². The first-order valence-electron chi connectivity index (χ1n) is 7.26. The minimum absolute atomic E-state index is 0.0423. The van der Waals surface area contributed by atoms with E-state index in [0.717, 1.165) is 17.5 Å². The van der Waals surface area contributed by atoms with Crippen LogP contribution >= 0.6 is 0 Å². The number of nitrogens with one attached hydrogen (secondary N) is 1. The highest BCUT2D eigenvalue weighted by Gasteiger charge is 2.47. The van der Waals surface area contributed by atoms with Crippen molar-refractivity contribution in [3.8, 4) is 0 Å². The molecule has 0 radical (unpaired) electrons. The van der Waals surface area contributed by atoms with Gasteiger partial charge in [-0.2, -0.15) is 0 Å². The summed E-state index contributed by atoms with van der Waals surface area (Å²) in [6.07, 6.45) is 4.68. The molecular formula is C17H17FN2O2. The van der Waals surface area contributed by atoms with Gasteiger partial charge in [0.05, 0.1) is 11.6 Å². The Kier molecular flexibility index (Phi) is 3.90. The van der Waals surface area contributed by atoms with Crippen LogP contribution in [0.3, 0.4) is 0 Å². The first kappa shape index (κ1) is 14.7. The summed E-state index contributed by atoms with van der Waals surface area (Å²) in [5, 5.41) is 9.15. The lowest BCUT2D eigenvalue weighted by atomic mass is 9.77. The molecule has 1 aromatic heterocycles. The summed E-state index contributed by atoms with van der Waals surface area (Å²) in [7, 11) is 0. The normalized spacial score (nSPS) is 24.2. The number of pyridine rings is 1. The molecule has 0 spiro atoms. The Morgan fingerprint density at radius 2 is 2.09 bits per heavy atom. The third-order valence-corrected chi connectivity index (χ3v) is 4.57. The number of aromatic nitrogens is 1. The molecule has 1 heterocycles. The fraction of sp³-hybridized carbons (Fsp3) is 0.294. The summed E-state index contributed by atoms with van der Waals surface area (Å²) in [6, 6.07) is 10.9. The average Bonchev–Trinajstić information content (AvgIpc) is 3.01. The monoisotopic (exact) mass is 300 g/mol. The summed E-state index contributed by atoms with van der Waals surface area (Å²) in [5.74, 6) is -0.743. The third kappa shape index (κ3) is 2.48. The van der Waals surface area contributed by atoms with Gasteiger partial charge in [0.15, 0.2) is 0 Å². The molecule has 1 aliphatic rings. The van der Waals surface area contributed by atoms with Crippen LogP contribution in [-0.2, 0) is 10.2 Å². The highest BCUT2D eigenvalue weighted by Crippen LogP contribution is 2.48. The molecule has 0 bridgehead atoms. The van der Waals surface area contributed by atoms with Gasteiger partial charge in [0.25, 0.3) is 5.91 Å². The molecule has 2 aromatic rings. The SMILES string of the molecule is O=C(NO)[C@@]1(c2ccccc2)CC[C@@H](c2cncc(F)c2)C1. The van der Waals surface area contributed by atoms with E-state index in [1.165, 1.54) is 12.3 Å². The molecule has 1 aliphatic carbocycles. The van der Waals surface area contributed by atoms with E-state index in [-0.39, 0.29) is 11.7 Å². The fourth-order valence-corrected chi connectivity index (χ4v) is 3.45. The number of benzene rings is 1. The number of halogens is 1. The van der Waals surface area contributed by atoms with E-state index in [0.29, 0.717) is 12.8 Å². The molecule has 0 saturated heterocycles. The summed E-state index contributed by atoms with van der Waals surface area (Å²) < 4.78 is 13.4. The minimum atomic E-state index is -0.785. The van der Waals surface area contributed by atoms with Crippen molar-refractivity contribution in [1.82, 2.24) is 10.5 Å². The second kappa shape index (κ2) is 5.85. The first-order valence-corrected chi connectivity index (χ1v) is 7.26. The molecule has 1 aromatic carbocycles. The van der Waals surface area contributed by atoms with Gasteiger partial charge in [-0.1, -0.05) is 30.3 Å². The molecule has 0 aliphatic heterocycles. The number of rotatable bonds is 3. The molecule has 5 heteroatoms. The number of nitrogens with zero attached hydrogens (tertiary/aromatic N) is 1. The predicted molar refractivity (Wildman–Crippen MR) is 78.8 cm³/mol. The van der Waals surface area contributed by atoms with Gasteiger partial charge in [-0.25, -0.2) is 9.87 Å². The molecule has 114 valence electrons. The molecule has 1 amide bonds. The number of hydrogen-bond donors (Lipinski definition) is 2. The van der Waals surface area contributed by atoms with E-state index in [1.54, 1.807) is 11.7 Å². The van der Waals surface area contributed by atoms with Gasteiger partial charge in [0.1, 0.15) is 5.82 Å². The second-order valence-electron chi connectivity index (χ2n) is 5.77. The van der Waals surface area contributed by atoms with Crippen molar-refractivity contribution in [1.29, 1.82) is 0 Å². The lowest BCUT2D eigenvalue weighted by molar-refractivity contribution is -0.135. The van der Waals surface area contributed by atoms with Gasteiger partial charge >= 0.3 is 0 Å². The highest BCUT2D eigenvalue weighted by molar-refractivity contribution is 5.87. The quantitative estimate of drug-likeness (QED) is 0.677. The zero-order valence-corrected chi connectivity index (χ0v) is 12.0. The zero-order valence-electron chi connectivity index (χ0n) is 12.0. The maximum absolute atomic E-state index is 13.4. The van der Waals surface area contributed by atoms with E-state index >= 15 is 0 Å². The van der Waals surface area contributed by atoms with Crippen LogP contribution in [0.15, 0.2) is 48.8 Å². The summed E-state index contributed by atoms with van der Waals surface area (Å²) >= 11 is 0. The number of carbonyl (C=O) groups excluding carboxylic acids is 1. The van der Waals surface area contributed by atoms with Gasteiger partial charge in [0.2, 0.25) is 0 Å². The van der Waals surface area contributed by atoms with Crippen LogP contribution in [0.1, 0.15) is 36.3 Å². The van der Waals surface area contributed by atoms with Crippen LogP contribution in [0, 0.1) is 5.82 Å². The van der Waals surface area contributed by atoms with Crippen LogP contribution in [0.2, 0.25) is 0 Å². The third-order valence-electron chi connectivity index (χ3n) is 4.57. The van der Waals surface area contributed by atoms with E-state index < -0.39 is 11.3 Å².